The van der Waals surface area contributed by atoms with Crippen molar-refractivity contribution >= 4 is 22.5 Å². The van der Waals surface area contributed by atoms with E-state index in [1.54, 1.807) is 26.4 Å². The summed E-state index contributed by atoms with van der Waals surface area (Å²) >= 11 is 0. The van der Waals surface area contributed by atoms with E-state index in [1.165, 1.54) is 18.5 Å². The first-order valence-corrected chi connectivity index (χ1v) is 10.8. The van der Waals surface area contributed by atoms with Crippen LogP contribution in [0.3, 0.4) is 0 Å². The van der Waals surface area contributed by atoms with Crippen LogP contribution >= 0.6 is 0 Å². The molecule has 34 heavy (non-hydrogen) atoms. The predicted molar refractivity (Wildman–Crippen MR) is 131 cm³/mol. The van der Waals surface area contributed by atoms with Crippen molar-refractivity contribution in [2.45, 2.75) is 6.54 Å². The summed E-state index contributed by atoms with van der Waals surface area (Å²) in [5, 5.41) is 4.07. The molecule has 170 valence electrons. The molecule has 0 aliphatic carbocycles. The van der Waals surface area contributed by atoms with E-state index in [-0.39, 0.29) is 5.82 Å². The molecule has 2 heterocycles. The Kier molecular flexibility index (Phi) is 5.82. The lowest BCUT2D eigenvalue weighted by Gasteiger charge is -2.12. The number of ether oxygens (including phenoxy) is 2. The van der Waals surface area contributed by atoms with Crippen LogP contribution in [-0.4, -0.2) is 28.8 Å². The van der Waals surface area contributed by atoms with Crippen molar-refractivity contribution in [3.8, 4) is 22.8 Å². The monoisotopic (exact) mass is 454 g/mol. The maximum absolute atomic E-state index is 13.7. The van der Waals surface area contributed by atoms with Gasteiger partial charge >= 0.3 is 0 Å². The highest BCUT2D eigenvalue weighted by molar-refractivity contribution is 5.93. The Morgan fingerprint density at radius 2 is 1.56 bits per heavy atom. The summed E-state index contributed by atoms with van der Waals surface area (Å²) in [6.07, 6.45) is 1.52. The van der Waals surface area contributed by atoms with Gasteiger partial charge in [-0.1, -0.05) is 18.2 Å². The number of aromatic nitrogens is 3. The fourth-order valence-corrected chi connectivity index (χ4v) is 3.94. The highest BCUT2D eigenvalue weighted by Gasteiger charge is 2.16. The van der Waals surface area contributed by atoms with Gasteiger partial charge in [-0.3, -0.25) is 0 Å². The van der Waals surface area contributed by atoms with E-state index in [2.05, 4.69) is 25.9 Å². The first-order chi connectivity index (χ1) is 16.6. The number of hydrogen-bond donors (Lipinski definition) is 1. The van der Waals surface area contributed by atoms with Crippen LogP contribution < -0.4 is 14.8 Å². The number of halogens is 1. The smallest absolute Gasteiger partial charge is 0.146 e. The third kappa shape index (κ3) is 4.28. The highest BCUT2D eigenvalue weighted by atomic mass is 19.1. The van der Waals surface area contributed by atoms with Crippen LogP contribution in [0.2, 0.25) is 0 Å². The van der Waals surface area contributed by atoms with Gasteiger partial charge in [0, 0.05) is 12.2 Å². The zero-order valence-corrected chi connectivity index (χ0v) is 18.8. The Hall–Kier alpha value is -4.39. The molecule has 6 nitrogen and oxygen atoms in total. The summed E-state index contributed by atoms with van der Waals surface area (Å²) in [7, 11) is 3.30. The van der Waals surface area contributed by atoms with Crippen molar-refractivity contribution in [1.82, 2.24) is 14.5 Å². The van der Waals surface area contributed by atoms with Gasteiger partial charge in [0.25, 0.3) is 0 Å². The summed E-state index contributed by atoms with van der Waals surface area (Å²) in [6, 6.07) is 24.2. The van der Waals surface area contributed by atoms with Crippen molar-refractivity contribution in [1.29, 1.82) is 0 Å². The topological polar surface area (TPSA) is 61.2 Å². The molecule has 3 aromatic carbocycles. The van der Waals surface area contributed by atoms with E-state index in [0.717, 1.165) is 39.4 Å². The maximum Gasteiger partial charge on any atom is 0.146 e. The number of methoxy groups -OCH3 is 2. The molecule has 7 heteroatoms. The Labute approximate surface area is 196 Å². The third-order valence-corrected chi connectivity index (χ3v) is 5.66. The molecule has 0 saturated carbocycles. The van der Waals surface area contributed by atoms with Gasteiger partial charge in [0.15, 0.2) is 0 Å². The lowest BCUT2D eigenvalue weighted by molar-refractivity contribution is 0.414. The minimum atomic E-state index is -0.314. The van der Waals surface area contributed by atoms with E-state index >= 15 is 0 Å². The SMILES string of the molecule is COc1ccc(Cn2c(-c3ccc(OC)cc3)cc3c(Nc4cccc(F)c4)ncnc32)cc1. The summed E-state index contributed by atoms with van der Waals surface area (Å²) < 4.78 is 26.5. The van der Waals surface area contributed by atoms with Gasteiger partial charge < -0.3 is 19.4 Å². The molecule has 1 N–H and O–H groups in total. The minimum Gasteiger partial charge on any atom is -0.497 e. The normalized spacial score (nSPS) is 10.9. The molecule has 0 atom stereocenters. The van der Waals surface area contributed by atoms with Crippen LogP contribution in [0.5, 0.6) is 11.5 Å². The van der Waals surface area contributed by atoms with Crippen LogP contribution in [-0.2, 0) is 6.54 Å². The molecule has 0 aliphatic heterocycles. The average molecular weight is 455 g/mol. The van der Waals surface area contributed by atoms with Gasteiger partial charge in [0.1, 0.15) is 35.1 Å². The first-order valence-electron chi connectivity index (χ1n) is 10.8. The van der Waals surface area contributed by atoms with Crippen molar-refractivity contribution in [3.63, 3.8) is 0 Å². The molecule has 0 fully saturated rings. The largest absolute Gasteiger partial charge is 0.497 e. The van der Waals surface area contributed by atoms with Crippen LogP contribution in [0.15, 0.2) is 85.2 Å². The second-order valence-corrected chi connectivity index (χ2v) is 7.79. The third-order valence-electron chi connectivity index (χ3n) is 5.66. The summed E-state index contributed by atoms with van der Waals surface area (Å²) in [6.45, 7) is 0.602. The standard InChI is InChI=1S/C27H23FN4O2/c1-33-22-10-6-18(7-11-22)16-32-25(19-8-12-23(34-2)13-9-19)15-24-26(29-17-30-27(24)32)31-21-5-3-4-20(28)14-21/h3-15,17H,16H2,1-2H3,(H,29,30,31). The number of hydrogen-bond acceptors (Lipinski definition) is 5. The molecular weight excluding hydrogens is 431 g/mol. The number of nitrogens with zero attached hydrogens (tertiary/aromatic N) is 3. The molecular formula is C27H23FN4O2. The number of benzene rings is 3. The number of fused-ring (bicyclic) bond motifs is 1. The van der Waals surface area contributed by atoms with E-state index in [9.17, 15) is 4.39 Å². The van der Waals surface area contributed by atoms with Gasteiger partial charge in [-0.15, -0.1) is 0 Å². The Morgan fingerprint density at radius 3 is 2.24 bits per heavy atom. The minimum absolute atomic E-state index is 0.314. The van der Waals surface area contributed by atoms with Crippen molar-refractivity contribution in [3.05, 3.63) is 96.6 Å². The Morgan fingerprint density at radius 1 is 0.853 bits per heavy atom. The zero-order valence-electron chi connectivity index (χ0n) is 18.8. The molecule has 0 radical (unpaired) electrons. The second-order valence-electron chi connectivity index (χ2n) is 7.79. The van der Waals surface area contributed by atoms with Crippen LogP contribution in [0, 0.1) is 5.82 Å². The molecule has 0 saturated heterocycles. The number of anilines is 2. The Balaban J connectivity index is 1.63. The van der Waals surface area contributed by atoms with Crippen LogP contribution in [0.1, 0.15) is 5.56 Å². The van der Waals surface area contributed by atoms with Crippen molar-refractivity contribution < 1.29 is 13.9 Å². The lowest BCUT2D eigenvalue weighted by Crippen LogP contribution is -2.04. The number of nitrogens with one attached hydrogen (secondary N) is 1. The molecule has 5 rings (SSSR count). The van der Waals surface area contributed by atoms with Gasteiger partial charge in [0.05, 0.1) is 25.3 Å². The van der Waals surface area contributed by atoms with Gasteiger partial charge in [-0.2, -0.15) is 0 Å². The molecule has 2 aromatic heterocycles. The van der Waals surface area contributed by atoms with Crippen LogP contribution in [0.25, 0.3) is 22.3 Å². The molecule has 0 amide bonds. The van der Waals surface area contributed by atoms with E-state index in [0.29, 0.717) is 18.1 Å². The fourth-order valence-electron chi connectivity index (χ4n) is 3.94. The molecule has 5 aromatic rings. The second kappa shape index (κ2) is 9.23. The highest BCUT2D eigenvalue weighted by Crippen LogP contribution is 2.33. The van der Waals surface area contributed by atoms with Crippen molar-refractivity contribution in [2.75, 3.05) is 19.5 Å². The summed E-state index contributed by atoms with van der Waals surface area (Å²) in [4.78, 5) is 9.04. The fraction of sp³-hybridized carbons (Fsp3) is 0.111. The summed E-state index contributed by atoms with van der Waals surface area (Å²) in [5.74, 6) is 1.89. The van der Waals surface area contributed by atoms with E-state index in [1.807, 2.05) is 48.5 Å². The molecule has 0 bridgehead atoms. The van der Waals surface area contributed by atoms with E-state index in [4.69, 9.17) is 9.47 Å². The maximum atomic E-state index is 13.7. The van der Waals surface area contributed by atoms with E-state index < -0.39 is 0 Å². The predicted octanol–water partition coefficient (Wildman–Crippen LogP) is 6.05. The molecule has 0 unspecified atom stereocenters. The Bertz CT molecular complexity index is 1430. The van der Waals surface area contributed by atoms with Gasteiger partial charge in [-0.25, -0.2) is 14.4 Å². The van der Waals surface area contributed by atoms with Gasteiger partial charge in [0.2, 0.25) is 0 Å². The number of rotatable bonds is 7. The quantitative estimate of drug-likeness (QED) is 0.325. The van der Waals surface area contributed by atoms with Crippen molar-refractivity contribution in [2.24, 2.45) is 0 Å². The van der Waals surface area contributed by atoms with Gasteiger partial charge in [-0.05, 0) is 71.8 Å². The molecule has 0 aliphatic rings. The van der Waals surface area contributed by atoms with Crippen LogP contribution in [0.4, 0.5) is 15.9 Å². The molecule has 0 spiro atoms. The lowest BCUT2D eigenvalue weighted by atomic mass is 10.1. The first kappa shape index (κ1) is 21.5. The summed E-state index contributed by atoms with van der Waals surface area (Å²) in [5.41, 5.74) is 4.50. The average Bonchev–Trinajstić information content (AvgIpc) is 3.24. The zero-order chi connectivity index (χ0) is 23.5.